The van der Waals surface area contributed by atoms with Crippen molar-refractivity contribution in [2.45, 2.75) is 12.8 Å². The van der Waals surface area contributed by atoms with Crippen LogP contribution in [0.1, 0.15) is 12.0 Å². The molecule has 2 fully saturated rings. The van der Waals surface area contributed by atoms with Crippen LogP contribution in [0.5, 0.6) is 0 Å². The van der Waals surface area contributed by atoms with Crippen molar-refractivity contribution in [3.8, 4) is 0 Å². The third-order valence-corrected chi connectivity index (χ3v) is 5.30. The number of hydrogen-bond donors (Lipinski definition) is 1. The molecule has 0 spiro atoms. The quantitative estimate of drug-likeness (QED) is 0.933. The maximum absolute atomic E-state index is 12.9. The number of anilines is 2. The summed E-state index contributed by atoms with van der Waals surface area (Å²) in [5.74, 6) is 0.352. The van der Waals surface area contributed by atoms with E-state index in [1.165, 1.54) is 11.3 Å². The minimum Gasteiger partial charge on any atom is -0.369 e. The molecule has 0 saturated carbocycles. The Morgan fingerprint density at radius 2 is 1.64 bits per heavy atom. The first kappa shape index (κ1) is 16.2. The summed E-state index contributed by atoms with van der Waals surface area (Å²) in [7, 11) is 0. The highest BCUT2D eigenvalue weighted by Crippen LogP contribution is 2.30. The molecule has 0 aliphatic carbocycles. The van der Waals surface area contributed by atoms with E-state index in [0.29, 0.717) is 0 Å². The number of benzene rings is 2. The average molecular weight is 335 g/mol. The lowest BCUT2D eigenvalue weighted by Gasteiger charge is -2.31. The van der Waals surface area contributed by atoms with E-state index in [9.17, 15) is 4.79 Å². The van der Waals surface area contributed by atoms with Crippen molar-refractivity contribution in [2.24, 2.45) is 5.92 Å². The molecule has 0 radical (unpaired) electrons. The van der Waals surface area contributed by atoms with Crippen molar-refractivity contribution >= 4 is 17.3 Å². The largest absolute Gasteiger partial charge is 0.369 e. The van der Waals surface area contributed by atoms with Crippen LogP contribution in [0.2, 0.25) is 0 Å². The molecule has 25 heavy (non-hydrogen) atoms. The van der Waals surface area contributed by atoms with Gasteiger partial charge in [-0.1, -0.05) is 36.4 Å². The zero-order valence-corrected chi connectivity index (χ0v) is 14.5. The summed E-state index contributed by atoms with van der Waals surface area (Å²) in [5.41, 5.74) is 3.62. The van der Waals surface area contributed by atoms with Crippen LogP contribution in [-0.4, -0.2) is 38.6 Å². The number of rotatable bonds is 4. The van der Waals surface area contributed by atoms with Gasteiger partial charge in [-0.15, -0.1) is 0 Å². The van der Waals surface area contributed by atoms with Crippen LogP contribution in [0, 0.1) is 5.92 Å². The van der Waals surface area contributed by atoms with Gasteiger partial charge in [0.05, 0.1) is 0 Å². The number of amides is 1. The fraction of sp³-hybridized carbons (Fsp3) is 0.381. The fourth-order valence-electron chi connectivity index (χ4n) is 3.96. The second-order valence-electron chi connectivity index (χ2n) is 6.88. The predicted octanol–water partition coefficient (Wildman–Crippen LogP) is 2.69. The van der Waals surface area contributed by atoms with Gasteiger partial charge < -0.3 is 15.1 Å². The molecule has 4 nitrogen and oxygen atoms in total. The topological polar surface area (TPSA) is 35.6 Å². The van der Waals surface area contributed by atoms with E-state index in [-0.39, 0.29) is 11.8 Å². The highest BCUT2D eigenvalue weighted by molar-refractivity contribution is 5.97. The Kier molecular flexibility index (Phi) is 4.70. The lowest BCUT2D eigenvalue weighted by molar-refractivity contribution is -0.120. The number of carbonyl (C=O) groups is 1. The van der Waals surface area contributed by atoms with Crippen molar-refractivity contribution in [3.63, 3.8) is 0 Å². The van der Waals surface area contributed by atoms with Crippen LogP contribution in [0.4, 0.5) is 11.4 Å². The van der Waals surface area contributed by atoms with Gasteiger partial charge in [0.15, 0.2) is 0 Å². The molecule has 4 rings (SSSR count). The van der Waals surface area contributed by atoms with E-state index in [4.69, 9.17) is 0 Å². The second-order valence-corrected chi connectivity index (χ2v) is 6.88. The minimum atomic E-state index is 0.0873. The molecule has 1 amide bonds. The van der Waals surface area contributed by atoms with E-state index in [0.717, 1.165) is 51.3 Å². The van der Waals surface area contributed by atoms with Crippen LogP contribution >= 0.6 is 0 Å². The monoisotopic (exact) mass is 335 g/mol. The standard InChI is InChI=1S/C21H25N3O/c25-21-18(10-13-24(21)19-7-2-1-3-8-19)16-17-6-4-5-9-20(17)23-14-11-22-12-15-23/h1-9,18,22H,10-16H2. The molecule has 2 saturated heterocycles. The molecule has 2 aromatic rings. The van der Waals surface area contributed by atoms with Crippen LogP contribution < -0.4 is 15.1 Å². The Labute approximate surface area is 149 Å². The summed E-state index contributed by atoms with van der Waals surface area (Å²) in [4.78, 5) is 17.3. The highest BCUT2D eigenvalue weighted by Gasteiger charge is 2.33. The van der Waals surface area contributed by atoms with Crippen LogP contribution in [0.3, 0.4) is 0 Å². The number of carbonyl (C=O) groups excluding carboxylic acids is 1. The molecular weight excluding hydrogens is 310 g/mol. The predicted molar refractivity (Wildman–Crippen MR) is 102 cm³/mol. The smallest absolute Gasteiger partial charge is 0.230 e. The van der Waals surface area contributed by atoms with Gasteiger partial charge in [-0.25, -0.2) is 0 Å². The van der Waals surface area contributed by atoms with Crippen LogP contribution in [0.25, 0.3) is 0 Å². The Morgan fingerprint density at radius 3 is 2.44 bits per heavy atom. The van der Waals surface area contributed by atoms with Crippen molar-refractivity contribution in [2.75, 3.05) is 42.5 Å². The third-order valence-electron chi connectivity index (χ3n) is 5.30. The molecule has 0 aromatic heterocycles. The molecule has 1 atom stereocenters. The Morgan fingerprint density at radius 1 is 0.920 bits per heavy atom. The van der Waals surface area contributed by atoms with Crippen molar-refractivity contribution in [1.29, 1.82) is 0 Å². The lowest BCUT2D eigenvalue weighted by atomic mass is 9.96. The number of nitrogens with one attached hydrogen (secondary N) is 1. The zero-order chi connectivity index (χ0) is 17.1. The van der Waals surface area contributed by atoms with E-state index in [1.807, 2.05) is 35.2 Å². The van der Waals surface area contributed by atoms with E-state index in [1.54, 1.807) is 0 Å². The Bertz CT molecular complexity index is 725. The van der Waals surface area contributed by atoms with Gasteiger partial charge in [0.1, 0.15) is 0 Å². The summed E-state index contributed by atoms with van der Waals surface area (Å²) in [6, 6.07) is 18.6. The van der Waals surface area contributed by atoms with Crippen LogP contribution in [0.15, 0.2) is 54.6 Å². The van der Waals surface area contributed by atoms with Crippen molar-refractivity contribution < 1.29 is 4.79 Å². The summed E-state index contributed by atoms with van der Waals surface area (Å²) in [6.07, 6.45) is 1.77. The molecule has 2 aromatic carbocycles. The molecule has 2 heterocycles. The molecule has 2 aliphatic rings. The van der Waals surface area contributed by atoms with E-state index in [2.05, 4.69) is 34.5 Å². The first-order valence-corrected chi connectivity index (χ1v) is 9.23. The molecule has 130 valence electrons. The normalized spacial score (nSPS) is 21.0. The minimum absolute atomic E-state index is 0.0873. The first-order valence-electron chi connectivity index (χ1n) is 9.23. The highest BCUT2D eigenvalue weighted by atomic mass is 16.2. The Balaban J connectivity index is 1.50. The molecule has 1 unspecified atom stereocenters. The SMILES string of the molecule is O=C1C(Cc2ccccc2N2CCNCC2)CCN1c1ccccc1. The van der Waals surface area contributed by atoms with Crippen molar-refractivity contribution in [3.05, 3.63) is 60.2 Å². The van der Waals surface area contributed by atoms with Crippen LogP contribution in [-0.2, 0) is 11.2 Å². The third kappa shape index (κ3) is 3.40. The first-order chi connectivity index (χ1) is 12.3. The van der Waals surface area contributed by atoms with Gasteiger partial charge in [-0.2, -0.15) is 0 Å². The lowest BCUT2D eigenvalue weighted by Crippen LogP contribution is -2.44. The van der Waals surface area contributed by atoms with Gasteiger partial charge >= 0.3 is 0 Å². The number of piperazine rings is 1. The second kappa shape index (κ2) is 7.28. The summed E-state index contributed by atoms with van der Waals surface area (Å²) >= 11 is 0. The fourth-order valence-corrected chi connectivity index (χ4v) is 3.96. The molecule has 0 bridgehead atoms. The van der Waals surface area contributed by atoms with Gasteiger partial charge in [0.2, 0.25) is 5.91 Å². The molecule has 1 N–H and O–H groups in total. The number of para-hydroxylation sites is 2. The van der Waals surface area contributed by atoms with E-state index < -0.39 is 0 Å². The number of hydrogen-bond acceptors (Lipinski definition) is 3. The zero-order valence-electron chi connectivity index (χ0n) is 14.5. The molecular formula is C21H25N3O. The maximum Gasteiger partial charge on any atom is 0.230 e. The summed E-state index contributed by atoms with van der Waals surface area (Å²) in [5, 5.41) is 3.41. The summed E-state index contributed by atoms with van der Waals surface area (Å²) < 4.78 is 0. The van der Waals surface area contributed by atoms with Gasteiger partial charge in [-0.3, -0.25) is 4.79 Å². The van der Waals surface area contributed by atoms with Crippen molar-refractivity contribution in [1.82, 2.24) is 5.32 Å². The number of nitrogens with zero attached hydrogens (tertiary/aromatic N) is 2. The maximum atomic E-state index is 12.9. The Hall–Kier alpha value is -2.33. The van der Waals surface area contributed by atoms with E-state index >= 15 is 0 Å². The summed E-state index contributed by atoms with van der Waals surface area (Å²) in [6.45, 7) is 4.94. The average Bonchev–Trinajstić information content (AvgIpc) is 3.04. The molecule has 2 aliphatic heterocycles. The van der Waals surface area contributed by atoms with Gasteiger partial charge in [0.25, 0.3) is 0 Å². The van der Waals surface area contributed by atoms with Gasteiger partial charge in [0, 0.05) is 50.0 Å². The van der Waals surface area contributed by atoms with Gasteiger partial charge in [-0.05, 0) is 36.6 Å². The molecule has 4 heteroatoms.